The minimum absolute atomic E-state index is 0.00916. The van der Waals surface area contributed by atoms with Crippen LogP contribution >= 0.6 is 11.3 Å². The van der Waals surface area contributed by atoms with Crippen molar-refractivity contribution < 1.29 is 17.6 Å². The average molecular weight is 442 g/mol. The Balaban J connectivity index is 1.64. The van der Waals surface area contributed by atoms with Gasteiger partial charge in [-0.2, -0.15) is 0 Å². The van der Waals surface area contributed by atoms with Crippen molar-refractivity contribution in [2.45, 2.75) is 11.8 Å². The van der Waals surface area contributed by atoms with E-state index in [4.69, 9.17) is 0 Å². The summed E-state index contributed by atoms with van der Waals surface area (Å²) in [5, 5.41) is 3.01. The number of nitrogens with zero attached hydrogens (tertiary/aromatic N) is 1. The first-order valence-electron chi connectivity index (χ1n) is 8.88. The molecule has 0 radical (unpaired) electrons. The van der Waals surface area contributed by atoms with Crippen molar-refractivity contribution >= 4 is 48.3 Å². The van der Waals surface area contributed by atoms with E-state index in [0.29, 0.717) is 5.13 Å². The van der Waals surface area contributed by atoms with Crippen molar-refractivity contribution in [3.63, 3.8) is 0 Å². The lowest BCUT2D eigenvalue weighted by Gasteiger charge is -2.12. The number of amides is 1. The van der Waals surface area contributed by atoms with E-state index < -0.39 is 21.7 Å². The van der Waals surface area contributed by atoms with Crippen molar-refractivity contribution in [3.05, 3.63) is 83.7 Å². The van der Waals surface area contributed by atoms with Gasteiger partial charge in [-0.05, 0) is 49.4 Å². The number of halogens is 1. The van der Waals surface area contributed by atoms with Crippen LogP contribution in [0.2, 0.25) is 0 Å². The minimum Gasteiger partial charge on any atom is -0.298 e. The molecule has 3 aromatic carbocycles. The van der Waals surface area contributed by atoms with Crippen molar-refractivity contribution in [1.29, 1.82) is 0 Å². The molecule has 0 atom stereocenters. The zero-order valence-electron chi connectivity index (χ0n) is 15.7. The van der Waals surface area contributed by atoms with E-state index >= 15 is 0 Å². The van der Waals surface area contributed by atoms with Crippen LogP contribution in [0.4, 0.5) is 15.2 Å². The maximum absolute atomic E-state index is 13.8. The normalized spacial score (nSPS) is 11.4. The van der Waals surface area contributed by atoms with E-state index in [9.17, 15) is 17.6 Å². The molecule has 0 fully saturated rings. The van der Waals surface area contributed by atoms with Gasteiger partial charge < -0.3 is 0 Å². The summed E-state index contributed by atoms with van der Waals surface area (Å²) < 4.78 is 42.4. The van der Waals surface area contributed by atoms with Crippen LogP contribution in [0.15, 0.2) is 71.6 Å². The van der Waals surface area contributed by atoms with Gasteiger partial charge in [-0.3, -0.25) is 14.8 Å². The number of carbonyl (C=O) groups excluding carboxylic acids is 1. The molecule has 152 valence electrons. The maximum atomic E-state index is 13.8. The quantitative estimate of drug-likeness (QED) is 0.466. The summed E-state index contributed by atoms with van der Waals surface area (Å²) in [7, 11) is -4.01. The molecule has 0 saturated heterocycles. The van der Waals surface area contributed by atoms with E-state index in [-0.39, 0.29) is 16.1 Å². The second-order valence-corrected chi connectivity index (χ2v) is 9.26. The lowest BCUT2D eigenvalue weighted by atomic mass is 10.1. The number of aryl methyl sites for hydroxylation is 1. The maximum Gasteiger partial charge on any atom is 0.261 e. The van der Waals surface area contributed by atoms with E-state index in [0.717, 1.165) is 27.9 Å². The smallest absolute Gasteiger partial charge is 0.261 e. The fourth-order valence-corrected chi connectivity index (χ4v) is 4.74. The van der Waals surface area contributed by atoms with Gasteiger partial charge in [0, 0.05) is 0 Å². The molecule has 6 nitrogen and oxygen atoms in total. The van der Waals surface area contributed by atoms with Gasteiger partial charge in [-0.1, -0.05) is 41.2 Å². The first-order valence-corrected chi connectivity index (χ1v) is 11.2. The third kappa shape index (κ3) is 4.17. The number of rotatable bonds is 5. The molecule has 1 aromatic heterocycles. The van der Waals surface area contributed by atoms with E-state index in [1.165, 1.54) is 29.5 Å². The Bertz CT molecular complexity index is 1320. The SMILES string of the molecule is Cc1ccc(S(=O)(=O)Nc2cc(F)ccc2C(=O)Nc2nc3ccccc3s2)cc1. The van der Waals surface area contributed by atoms with Gasteiger partial charge in [0.25, 0.3) is 15.9 Å². The molecule has 4 rings (SSSR count). The molecule has 9 heteroatoms. The summed E-state index contributed by atoms with van der Waals surface area (Å²) in [6, 6.07) is 16.9. The highest BCUT2D eigenvalue weighted by Crippen LogP contribution is 2.27. The summed E-state index contributed by atoms with van der Waals surface area (Å²) in [6.45, 7) is 1.83. The molecule has 0 spiro atoms. The van der Waals surface area contributed by atoms with Crippen LogP contribution in [0.3, 0.4) is 0 Å². The molecule has 4 aromatic rings. The van der Waals surface area contributed by atoms with Crippen LogP contribution in [-0.2, 0) is 10.0 Å². The van der Waals surface area contributed by atoms with Crippen LogP contribution in [-0.4, -0.2) is 19.3 Å². The largest absolute Gasteiger partial charge is 0.298 e. The first kappa shape index (κ1) is 20.0. The van der Waals surface area contributed by atoms with E-state index in [1.807, 2.05) is 31.2 Å². The van der Waals surface area contributed by atoms with Crippen LogP contribution in [0.25, 0.3) is 10.2 Å². The Labute approximate surface area is 176 Å². The fraction of sp³-hybridized carbons (Fsp3) is 0.0476. The number of hydrogen-bond acceptors (Lipinski definition) is 5. The highest BCUT2D eigenvalue weighted by atomic mass is 32.2. The van der Waals surface area contributed by atoms with Gasteiger partial charge >= 0.3 is 0 Å². The summed E-state index contributed by atoms with van der Waals surface area (Å²) in [4.78, 5) is 17.1. The Morgan fingerprint density at radius 1 is 1.03 bits per heavy atom. The van der Waals surface area contributed by atoms with Crippen molar-refractivity contribution in [3.8, 4) is 0 Å². The summed E-state index contributed by atoms with van der Waals surface area (Å²) in [5.41, 5.74) is 1.45. The molecule has 2 N–H and O–H groups in total. The van der Waals surface area contributed by atoms with Crippen LogP contribution in [0.1, 0.15) is 15.9 Å². The predicted octanol–water partition coefficient (Wildman–Crippen LogP) is 4.80. The van der Waals surface area contributed by atoms with Gasteiger partial charge in [0.05, 0.1) is 26.4 Å². The van der Waals surface area contributed by atoms with Crippen molar-refractivity contribution in [2.24, 2.45) is 0 Å². The van der Waals surface area contributed by atoms with Crippen LogP contribution < -0.4 is 10.0 Å². The number of carbonyl (C=O) groups is 1. The topological polar surface area (TPSA) is 88.2 Å². The van der Waals surface area contributed by atoms with Gasteiger partial charge in [-0.15, -0.1) is 0 Å². The second kappa shape index (κ2) is 7.85. The second-order valence-electron chi connectivity index (χ2n) is 6.55. The minimum atomic E-state index is -4.01. The van der Waals surface area contributed by atoms with E-state index in [1.54, 1.807) is 12.1 Å². The average Bonchev–Trinajstić information content (AvgIpc) is 3.10. The number of anilines is 2. The third-order valence-corrected chi connectivity index (χ3v) is 6.65. The Morgan fingerprint density at radius 3 is 2.50 bits per heavy atom. The molecule has 0 unspecified atom stereocenters. The van der Waals surface area contributed by atoms with Gasteiger partial charge in [0.2, 0.25) is 0 Å². The van der Waals surface area contributed by atoms with Gasteiger partial charge in [0.15, 0.2) is 5.13 Å². The zero-order chi connectivity index (χ0) is 21.3. The highest BCUT2D eigenvalue weighted by molar-refractivity contribution is 7.92. The lowest BCUT2D eigenvalue weighted by molar-refractivity contribution is 0.102. The summed E-state index contributed by atoms with van der Waals surface area (Å²) >= 11 is 1.28. The summed E-state index contributed by atoms with van der Waals surface area (Å²) in [5.74, 6) is -1.27. The number of fused-ring (bicyclic) bond motifs is 1. The molecule has 0 aliphatic carbocycles. The van der Waals surface area contributed by atoms with Gasteiger partial charge in [-0.25, -0.2) is 17.8 Å². The Morgan fingerprint density at radius 2 is 1.77 bits per heavy atom. The predicted molar refractivity (Wildman–Crippen MR) is 116 cm³/mol. The molecular weight excluding hydrogens is 425 g/mol. The number of benzene rings is 3. The molecular formula is C21H16FN3O3S2. The zero-order valence-corrected chi connectivity index (χ0v) is 17.4. The van der Waals surface area contributed by atoms with Crippen molar-refractivity contribution in [1.82, 2.24) is 4.98 Å². The van der Waals surface area contributed by atoms with Crippen LogP contribution in [0, 0.1) is 12.7 Å². The molecule has 0 aliphatic rings. The number of sulfonamides is 1. The Kier molecular flexibility index (Phi) is 5.23. The monoisotopic (exact) mass is 441 g/mol. The lowest BCUT2D eigenvalue weighted by Crippen LogP contribution is -2.19. The number of aromatic nitrogens is 1. The van der Waals surface area contributed by atoms with E-state index in [2.05, 4.69) is 15.0 Å². The molecule has 0 bridgehead atoms. The van der Waals surface area contributed by atoms with Crippen LogP contribution in [0.5, 0.6) is 0 Å². The molecule has 1 amide bonds. The van der Waals surface area contributed by atoms with Crippen molar-refractivity contribution in [2.75, 3.05) is 10.0 Å². The number of thiazole rings is 1. The number of hydrogen-bond donors (Lipinski definition) is 2. The molecule has 0 saturated carbocycles. The van der Waals surface area contributed by atoms with Gasteiger partial charge in [0.1, 0.15) is 5.82 Å². The third-order valence-electron chi connectivity index (χ3n) is 4.32. The molecule has 1 heterocycles. The molecule has 30 heavy (non-hydrogen) atoms. The highest BCUT2D eigenvalue weighted by Gasteiger charge is 2.20. The number of para-hydroxylation sites is 1. The Hall–Kier alpha value is -3.30. The first-order chi connectivity index (χ1) is 14.3. The standard InChI is InChI=1S/C21H16FN3O3S2/c1-13-6-9-15(10-7-13)30(27,28)25-18-12-14(22)8-11-16(18)20(26)24-21-23-17-4-2-3-5-19(17)29-21/h2-12,25H,1H3,(H,23,24,26). The summed E-state index contributed by atoms with van der Waals surface area (Å²) in [6.07, 6.45) is 0. The molecule has 0 aliphatic heterocycles. The number of nitrogens with one attached hydrogen (secondary N) is 2. The fourth-order valence-electron chi connectivity index (χ4n) is 2.81.